The number of fused-ring (bicyclic) bond motifs is 1. The van der Waals surface area contributed by atoms with Crippen LogP contribution < -0.4 is 19.5 Å². The molecule has 1 N–H and O–H groups in total. The summed E-state index contributed by atoms with van der Waals surface area (Å²) >= 11 is 0. The zero-order valence-corrected chi connectivity index (χ0v) is 12.1. The van der Waals surface area contributed by atoms with Crippen LogP contribution >= 0.6 is 0 Å². The summed E-state index contributed by atoms with van der Waals surface area (Å²) in [4.78, 5) is 2.38. The largest absolute Gasteiger partial charge is 0.493 e. The fraction of sp³-hybridized carbons (Fsp3) is 0.600. The van der Waals surface area contributed by atoms with E-state index in [4.69, 9.17) is 14.2 Å². The highest BCUT2D eigenvalue weighted by molar-refractivity contribution is 5.55. The quantitative estimate of drug-likeness (QED) is 0.906. The average Bonchev–Trinajstić information content (AvgIpc) is 2.94. The first-order valence-corrected chi connectivity index (χ1v) is 7.14. The molecule has 0 saturated carbocycles. The molecule has 5 nitrogen and oxygen atoms in total. The van der Waals surface area contributed by atoms with E-state index >= 15 is 0 Å². The van der Waals surface area contributed by atoms with Gasteiger partial charge in [0.05, 0.1) is 7.11 Å². The number of benzene rings is 1. The van der Waals surface area contributed by atoms with Crippen LogP contribution in [0, 0.1) is 0 Å². The normalized spacial score (nSPS) is 19.3. The van der Waals surface area contributed by atoms with Crippen molar-refractivity contribution in [2.24, 2.45) is 0 Å². The lowest BCUT2D eigenvalue weighted by molar-refractivity contribution is 0.171. The summed E-state index contributed by atoms with van der Waals surface area (Å²) in [5.41, 5.74) is 1.17. The smallest absolute Gasteiger partial charge is 0.231 e. The predicted octanol–water partition coefficient (Wildman–Crippen LogP) is 1.61. The van der Waals surface area contributed by atoms with E-state index in [0.29, 0.717) is 6.04 Å². The monoisotopic (exact) mass is 278 g/mol. The van der Waals surface area contributed by atoms with E-state index in [1.807, 2.05) is 12.1 Å². The minimum absolute atomic E-state index is 0.275. The van der Waals surface area contributed by atoms with Crippen LogP contribution in [0.4, 0.5) is 0 Å². The van der Waals surface area contributed by atoms with Crippen LogP contribution in [-0.2, 0) is 6.54 Å². The molecule has 0 aromatic heterocycles. The van der Waals surface area contributed by atoms with Crippen LogP contribution in [0.3, 0.4) is 0 Å². The molecule has 1 fully saturated rings. The highest BCUT2D eigenvalue weighted by Gasteiger charge is 2.21. The lowest BCUT2D eigenvalue weighted by Crippen LogP contribution is -2.40. The third-order valence-corrected chi connectivity index (χ3v) is 4.03. The Balaban J connectivity index is 1.63. The highest BCUT2D eigenvalue weighted by Crippen LogP contribution is 2.41. The molecule has 1 saturated heterocycles. The molecule has 2 aliphatic heterocycles. The first-order valence-electron chi connectivity index (χ1n) is 7.14. The molecule has 0 spiro atoms. The Labute approximate surface area is 119 Å². The van der Waals surface area contributed by atoms with Crippen molar-refractivity contribution in [3.8, 4) is 17.2 Å². The third kappa shape index (κ3) is 2.83. The number of nitrogens with one attached hydrogen (secondary N) is 1. The van der Waals surface area contributed by atoms with Crippen LogP contribution in [0.15, 0.2) is 12.1 Å². The topological polar surface area (TPSA) is 43.0 Å². The maximum atomic E-state index is 5.45. The molecule has 0 aliphatic carbocycles. The van der Waals surface area contributed by atoms with Crippen molar-refractivity contribution in [3.63, 3.8) is 0 Å². The minimum atomic E-state index is 0.275. The predicted molar refractivity (Wildman–Crippen MR) is 76.5 cm³/mol. The van der Waals surface area contributed by atoms with Crippen LogP contribution in [0.1, 0.15) is 18.4 Å². The first kappa shape index (κ1) is 13.5. The van der Waals surface area contributed by atoms with E-state index in [2.05, 4.69) is 17.3 Å². The van der Waals surface area contributed by atoms with E-state index in [1.165, 1.54) is 31.5 Å². The number of likely N-dealkylation sites (tertiary alicyclic amines) is 1. The van der Waals surface area contributed by atoms with Crippen LogP contribution in [0.5, 0.6) is 17.2 Å². The van der Waals surface area contributed by atoms with Gasteiger partial charge in [-0.25, -0.2) is 0 Å². The fourth-order valence-corrected chi connectivity index (χ4v) is 2.76. The molecule has 1 aromatic rings. The van der Waals surface area contributed by atoms with Crippen molar-refractivity contribution >= 4 is 0 Å². The third-order valence-electron chi connectivity index (χ3n) is 4.03. The van der Waals surface area contributed by atoms with Crippen molar-refractivity contribution < 1.29 is 14.2 Å². The molecule has 20 heavy (non-hydrogen) atoms. The van der Waals surface area contributed by atoms with Crippen molar-refractivity contribution in [3.05, 3.63) is 17.7 Å². The summed E-state index contributed by atoms with van der Waals surface area (Å²) in [6.45, 7) is 3.45. The van der Waals surface area contributed by atoms with Gasteiger partial charge < -0.3 is 24.4 Å². The van der Waals surface area contributed by atoms with E-state index in [0.717, 1.165) is 23.8 Å². The summed E-state index contributed by atoms with van der Waals surface area (Å²) in [6.07, 6.45) is 2.41. The van der Waals surface area contributed by atoms with Crippen LogP contribution in [0.2, 0.25) is 0 Å². The van der Waals surface area contributed by atoms with Gasteiger partial charge >= 0.3 is 0 Å². The lowest BCUT2D eigenvalue weighted by Gasteiger charge is -2.29. The number of methoxy groups -OCH3 is 1. The Hall–Kier alpha value is -1.46. The molecule has 110 valence electrons. The summed E-state index contributed by atoms with van der Waals surface area (Å²) in [5.74, 6) is 2.25. The molecule has 0 amide bonds. The molecule has 1 aromatic carbocycles. The molecule has 0 radical (unpaired) electrons. The van der Waals surface area contributed by atoms with Gasteiger partial charge in [0.2, 0.25) is 12.5 Å². The van der Waals surface area contributed by atoms with Crippen molar-refractivity contribution in [1.82, 2.24) is 10.2 Å². The molecular formula is C15H22N2O3. The molecule has 0 atom stereocenters. The van der Waals surface area contributed by atoms with Gasteiger partial charge in [0.15, 0.2) is 11.5 Å². The summed E-state index contributed by atoms with van der Waals surface area (Å²) in [6, 6.07) is 4.66. The number of nitrogens with zero attached hydrogens (tertiary/aromatic N) is 1. The van der Waals surface area contributed by atoms with Crippen molar-refractivity contribution in [1.29, 1.82) is 0 Å². The van der Waals surface area contributed by atoms with E-state index < -0.39 is 0 Å². The number of ether oxygens (including phenoxy) is 3. The Morgan fingerprint density at radius 1 is 1.30 bits per heavy atom. The van der Waals surface area contributed by atoms with Gasteiger partial charge in [0.1, 0.15) is 0 Å². The average molecular weight is 278 g/mol. The molecule has 2 heterocycles. The van der Waals surface area contributed by atoms with Gasteiger partial charge in [-0.3, -0.25) is 0 Å². The molecule has 5 heteroatoms. The zero-order chi connectivity index (χ0) is 13.9. The van der Waals surface area contributed by atoms with Gasteiger partial charge in [0, 0.05) is 12.6 Å². The second-order valence-electron chi connectivity index (χ2n) is 5.49. The summed E-state index contributed by atoms with van der Waals surface area (Å²) in [5, 5.41) is 3.62. The second kappa shape index (κ2) is 5.89. The Kier molecular flexibility index (Phi) is 3.98. The Morgan fingerprint density at radius 3 is 2.85 bits per heavy atom. The van der Waals surface area contributed by atoms with Gasteiger partial charge in [-0.2, -0.15) is 0 Å². The number of rotatable bonds is 4. The van der Waals surface area contributed by atoms with Gasteiger partial charge in [-0.1, -0.05) is 0 Å². The van der Waals surface area contributed by atoms with Crippen LogP contribution in [-0.4, -0.2) is 45.0 Å². The van der Waals surface area contributed by atoms with Gasteiger partial charge in [0.25, 0.3) is 0 Å². The molecule has 3 rings (SSSR count). The standard InChI is InChI=1S/C15H22N2O3/c1-17-5-3-12(4-6-17)16-9-11-7-13(18-2)15-14(8-11)19-10-20-15/h7-8,12,16H,3-6,9-10H2,1-2H3. The van der Waals surface area contributed by atoms with Crippen LogP contribution in [0.25, 0.3) is 0 Å². The fourth-order valence-electron chi connectivity index (χ4n) is 2.76. The zero-order valence-electron chi connectivity index (χ0n) is 12.1. The van der Waals surface area contributed by atoms with Crippen molar-refractivity contribution in [2.45, 2.75) is 25.4 Å². The number of hydrogen-bond donors (Lipinski definition) is 1. The second-order valence-corrected chi connectivity index (χ2v) is 5.49. The highest BCUT2D eigenvalue weighted by atomic mass is 16.7. The van der Waals surface area contributed by atoms with Gasteiger partial charge in [-0.05, 0) is 50.7 Å². The molecule has 2 aliphatic rings. The van der Waals surface area contributed by atoms with E-state index in [1.54, 1.807) is 7.11 Å². The van der Waals surface area contributed by atoms with Crippen molar-refractivity contribution in [2.75, 3.05) is 34.0 Å². The maximum Gasteiger partial charge on any atom is 0.231 e. The minimum Gasteiger partial charge on any atom is -0.493 e. The number of piperidine rings is 1. The molecule has 0 bridgehead atoms. The Morgan fingerprint density at radius 2 is 2.10 bits per heavy atom. The number of hydrogen-bond acceptors (Lipinski definition) is 5. The maximum absolute atomic E-state index is 5.45. The first-order chi connectivity index (χ1) is 9.76. The van der Waals surface area contributed by atoms with Gasteiger partial charge in [-0.15, -0.1) is 0 Å². The summed E-state index contributed by atoms with van der Waals surface area (Å²) in [7, 11) is 3.84. The van der Waals surface area contributed by atoms with E-state index in [-0.39, 0.29) is 6.79 Å². The Bertz CT molecular complexity index is 470. The SMILES string of the molecule is COc1cc(CNC2CCN(C)CC2)cc2c1OCO2. The molecule has 0 unspecified atom stereocenters. The summed E-state index contributed by atoms with van der Waals surface area (Å²) < 4.78 is 16.2. The van der Waals surface area contributed by atoms with E-state index in [9.17, 15) is 0 Å². The molecular weight excluding hydrogens is 256 g/mol. The lowest BCUT2D eigenvalue weighted by atomic mass is 10.0.